The molecule has 1 aromatic rings. The summed E-state index contributed by atoms with van der Waals surface area (Å²) in [5.41, 5.74) is -3.20. The van der Waals surface area contributed by atoms with Gasteiger partial charge in [0, 0.05) is 0 Å². The van der Waals surface area contributed by atoms with Crippen LogP contribution in [0.1, 0.15) is 12.5 Å². The summed E-state index contributed by atoms with van der Waals surface area (Å²) >= 11 is 0. The van der Waals surface area contributed by atoms with Crippen LogP contribution >= 0.6 is 0 Å². The van der Waals surface area contributed by atoms with Crippen LogP contribution in [-0.4, -0.2) is 28.8 Å². The molecule has 0 atom stereocenters. The molecular weight excluding hydrogens is 301 g/mol. The maximum Gasteiger partial charge on any atom is 0.574 e. The summed E-state index contributed by atoms with van der Waals surface area (Å²) in [6.45, 7) is 1.38. The number of halogens is 3. The van der Waals surface area contributed by atoms with E-state index in [1.54, 1.807) is 0 Å². The van der Waals surface area contributed by atoms with Gasteiger partial charge in [-0.3, -0.25) is 19.7 Å². The van der Waals surface area contributed by atoms with Gasteiger partial charge in [0.2, 0.25) is 5.88 Å². The number of nitro groups is 1. The number of aromatic nitrogens is 1. The Kier molecular flexibility index (Phi) is 4.89. The van der Waals surface area contributed by atoms with Crippen LogP contribution in [0.5, 0.6) is 5.88 Å². The monoisotopic (exact) mass is 310 g/mol. The summed E-state index contributed by atoms with van der Waals surface area (Å²) in [4.78, 5) is 34.4. The molecule has 116 valence electrons. The lowest BCUT2D eigenvalue weighted by molar-refractivity contribution is -0.386. The van der Waals surface area contributed by atoms with Crippen LogP contribution in [-0.2, 0) is 16.0 Å². The van der Waals surface area contributed by atoms with Crippen LogP contribution in [0.2, 0.25) is 0 Å². The third kappa shape index (κ3) is 4.47. The zero-order valence-corrected chi connectivity index (χ0v) is 10.5. The number of hydrogen-bond donors (Lipinski definition) is 1. The smallest absolute Gasteiger partial charge is 0.466 e. The number of ether oxygens (including phenoxy) is 2. The first-order valence-corrected chi connectivity index (χ1v) is 5.46. The highest BCUT2D eigenvalue weighted by Crippen LogP contribution is 2.24. The van der Waals surface area contributed by atoms with E-state index >= 15 is 0 Å². The van der Waals surface area contributed by atoms with Crippen molar-refractivity contribution >= 4 is 11.7 Å². The van der Waals surface area contributed by atoms with Crippen molar-refractivity contribution in [2.24, 2.45) is 0 Å². The number of nitrogens with zero attached hydrogens (tertiary/aromatic N) is 1. The predicted molar refractivity (Wildman–Crippen MR) is 60.7 cm³/mol. The molecule has 1 N–H and O–H groups in total. The van der Waals surface area contributed by atoms with Crippen molar-refractivity contribution in [3.8, 4) is 5.88 Å². The van der Waals surface area contributed by atoms with Crippen molar-refractivity contribution in [3.05, 3.63) is 32.1 Å². The molecule has 0 saturated heterocycles. The molecule has 0 unspecified atom stereocenters. The molecule has 11 heteroatoms. The van der Waals surface area contributed by atoms with E-state index in [2.05, 4.69) is 9.47 Å². The molecule has 0 saturated carbocycles. The molecule has 1 heterocycles. The summed E-state index contributed by atoms with van der Waals surface area (Å²) in [6, 6.07) is 0. The number of H-pyrrole nitrogens is 1. The first-order valence-electron chi connectivity index (χ1n) is 5.46. The van der Waals surface area contributed by atoms with E-state index < -0.39 is 46.2 Å². The van der Waals surface area contributed by atoms with Crippen LogP contribution in [0.15, 0.2) is 11.0 Å². The Hall–Kier alpha value is -2.59. The Labute approximate surface area is 114 Å². The highest BCUT2D eigenvalue weighted by molar-refractivity contribution is 5.73. The Morgan fingerprint density at radius 3 is 2.57 bits per heavy atom. The lowest BCUT2D eigenvalue weighted by atomic mass is 10.2. The molecule has 0 aliphatic rings. The zero-order chi connectivity index (χ0) is 16.2. The van der Waals surface area contributed by atoms with Gasteiger partial charge in [-0.15, -0.1) is 13.2 Å². The fourth-order valence-electron chi connectivity index (χ4n) is 1.40. The van der Waals surface area contributed by atoms with Crippen molar-refractivity contribution < 1.29 is 32.4 Å². The minimum absolute atomic E-state index is 0.0683. The number of aromatic amines is 1. The van der Waals surface area contributed by atoms with E-state index in [1.165, 1.54) is 6.92 Å². The van der Waals surface area contributed by atoms with E-state index in [0.29, 0.717) is 6.20 Å². The van der Waals surface area contributed by atoms with Crippen molar-refractivity contribution in [2.75, 3.05) is 6.61 Å². The largest absolute Gasteiger partial charge is 0.574 e. The number of pyridine rings is 1. The number of nitrogens with one attached hydrogen (secondary N) is 1. The van der Waals surface area contributed by atoms with Gasteiger partial charge in [0.1, 0.15) is 0 Å². The Morgan fingerprint density at radius 2 is 2.10 bits per heavy atom. The zero-order valence-electron chi connectivity index (χ0n) is 10.5. The fraction of sp³-hybridized carbons (Fsp3) is 0.400. The van der Waals surface area contributed by atoms with Gasteiger partial charge in [-0.1, -0.05) is 0 Å². The second kappa shape index (κ2) is 6.24. The topological polar surface area (TPSA) is 112 Å². The highest BCUT2D eigenvalue weighted by atomic mass is 19.4. The number of esters is 1. The molecule has 0 bridgehead atoms. The Morgan fingerprint density at radius 1 is 1.48 bits per heavy atom. The first kappa shape index (κ1) is 16.5. The summed E-state index contributed by atoms with van der Waals surface area (Å²) in [7, 11) is 0. The minimum Gasteiger partial charge on any atom is -0.466 e. The molecule has 0 aromatic carbocycles. The lowest BCUT2D eigenvalue weighted by Gasteiger charge is -2.11. The third-order valence-electron chi connectivity index (χ3n) is 2.16. The standard InChI is InChI=1S/C10H9F3N2O6/c1-2-20-7(16)3-5-8(17)6(15(18)19)4-14-9(5)21-10(11,12)13/h4H,2-3H2,1H3,(H,14,17). The second-order valence-corrected chi connectivity index (χ2v) is 3.60. The van der Waals surface area contributed by atoms with Gasteiger partial charge >= 0.3 is 18.0 Å². The number of rotatable bonds is 5. The van der Waals surface area contributed by atoms with Gasteiger partial charge in [0.25, 0.3) is 5.43 Å². The third-order valence-corrected chi connectivity index (χ3v) is 2.16. The average molecular weight is 310 g/mol. The SMILES string of the molecule is CCOC(=O)Cc1c(OC(F)(F)F)[nH]cc([N+](=O)[O-])c1=O. The summed E-state index contributed by atoms with van der Waals surface area (Å²) < 4.78 is 44.6. The van der Waals surface area contributed by atoms with Gasteiger partial charge in [0.15, 0.2) is 0 Å². The summed E-state index contributed by atoms with van der Waals surface area (Å²) in [5.74, 6) is -2.11. The van der Waals surface area contributed by atoms with Crippen molar-refractivity contribution in [2.45, 2.75) is 19.7 Å². The van der Waals surface area contributed by atoms with Crippen LogP contribution in [0, 0.1) is 10.1 Å². The fourth-order valence-corrected chi connectivity index (χ4v) is 1.40. The van der Waals surface area contributed by atoms with Gasteiger partial charge in [0.05, 0.1) is 29.7 Å². The maximum atomic E-state index is 12.2. The molecule has 8 nitrogen and oxygen atoms in total. The van der Waals surface area contributed by atoms with E-state index in [4.69, 9.17) is 0 Å². The molecule has 21 heavy (non-hydrogen) atoms. The summed E-state index contributed by atoms with van der Waals surface area (Å²) in [5, 5.41) is 10.6. The van der Waals surface area contributed by atoms with E-state index in [1.807, 2.05) is 4.98 Å². The molecule has 0 amide bonds. The first-order chi connectivity index (χ1) is 9.65. The molecule has 0 spiro atoms. The minimum atomic E-state index is -5.14. The molecule has 0 aliphatic carbocycles. The summed E-state index contributed by atoms with van der Waals surface area (Å²) in [6.07, 6.45) is -5.57. The van der Waals surface area contributed by atoms with Gasteiger partial charge in [-0.2, -0.15) is 0 Å². The van der Waals surface area contributed by atoms with Crippen molar-refractivity contribution in [3.63, 3.8) is 0 Å². The van der Waals surface area contributed by atoms with E-state index in [0.717, 1.165) is 0 Å². The maximum absolute atomic E-state index is 12.2. The van der Waals surface area contributed by atoms with Crippen LogP contribution < -0.4 is 10.2 Å². The van der Waals surface area contributed by atoms with E-state index in [-0.39, 0.29) is 6.61 Å². The second-order valence-electron chi connectivity index (χ2n) is 3.60. The molecule has 1 rings (SSSR count). The quantitative estimate of drug-likeness (QED) is 0.498. The van der Waals surface area contributed by atoms with Crippen molar-refractivity contribution in [1.82, 2.24) is 4.98 Å². The lowest BCUT2D eigenvalue weighted by Crippen LogP contribution is -2.25. The molecule has 0 fully saturated rings. The highest BCUT2D eigenvalue weighted by Gasteiger charge is 2.34. The molecular formula is C10H9F3N2O6. The molecule has 0 aliphatic heterocycles. The van der Waals surface area contributed by atoms with Gasteiger partial charge in [-0.05, 0) is 6.92 Å². The Balaban J connectivity index is 3.31. The normalized spacial score (nSPS) is 11.0. The molecule has 0 radical (unpaired) electrons. The molecule has 1 aromatic heterocycles. The number of carbonyl (C=O) groups is 1. The number of carbonyl (C=O) groups excluding carboxylic acids is 1. The predicted octanol–water partition coefficient (Wildman–Crippen LogP) is 1.29. The van der Waals surface area contributed by atoms with Gasteiger partial charge in [-0.25, -0.2) is 0 Å². The van der Waals surface area contributed by atoms with Crippen LogP contribution in [0.3, 0.4) is 0 Å². The van der Waals surface area contributed by atoms with Crippen LogP contribution in [0.25, 0.3) is 0 Å². The Bertz CT molecular complexity index is 610. The average Bonchev–Trinajstić information content (AvgIpc) is 2.32. The number of alkyl halides is 3. The van der Waals surface area contributed by atoms with Crippen molar-refractivity contribution in [1.29, 1.82) is 0 Å². The number of hydrogen-bond acceptors (Lipinski definition) is 6. The van der Waals surface area contributed by atoms with Gasteiger partial charge < -0.3 is 14.5 Å². The van der Waals surface area contributed by atoms with E-state index in [9.17, 15) is 32.9 Å². The van der Waals surface area contributed by atoms with Crippen LogP contribution in [0.4, 0.5) is 18.9 Å².